The van der Waals surface area contributed by atoms with Gasteiger partial charge in [-0.1, -0.05) is 0 Å². The molecular formula is C20H23N7O3S. The van der Waals surface area contributed by atoms with Crippen molar-refractivity contribution in [1.29, 1.82) is 0 Å². The van der Waals surface area contributed by atoms with Crippen molar-refractivity contribution < 1.29 is 14.3 Å². The summed E-state index contributed by atoms with van der Waals surface area (Å²) in [6.45, 7) is 0.646. The van der Waals surface area contributed by atoms with E-state index in [-0.39, 0.29) is 12.7 Å². The van der Waals surface area contributed by atoms with E-state index in [1.54, 1.807) is 0 Å². The molecule has 5 rings (SSSR count). The number of aromatic nitrogens is 4. The van der Waals surface area contributed by atoms with Crippen molar-refractivity contribution in [2.24, 2.45) is 0 Å². The first-order chi connectivity index (χ1) is 15.0. The minimum Gasteiger partial charge on any atom is -0.454 e. The van der Waals surface area contributed by atoms with Gasteiger partial charge < -0.3 is 30.0 Å². The Bertz CT molecular complexity index is 1160. The maximum Gasteiger partial charge on any atom is 0.231 e. The molecule has 3 aromatic rings. The number of hydrogen-bond acceptors (Lipinski definition) is 9. The van der Waals surface area contributed by atoms with E-state index in [0.29, 0.717) is 52.6 Å². The molecule has 2 aliphatic rings. The van der Waals surface area contributed by atoms with Crippen LogP contribution in [0.4, 0.5) is 11.5 Å². The van der Waals surface area contributed by atoms with Crippen LogP contribution in [0, 0.1) is 0 Å². The number of benzene rings is 1. The molecule has 1 aromatic carbocycles. The number of rotatable bonds is 7. The van der Waals surface area contributed by atoms with Gasteiger partial charge in [-0.25, -0.2) is 15.0 Å². The molecule has 1 amide bonds. The number of carbonyl (C=O) groups is 1. The average molecular weight is 442 g/mol. The standard InChI is InChI=1S/C20H23N7O3S/c1-26(2)12-7-13-14(30-10-29-13)8-15(12)31-20-25-17-18(21)22-9-23-19(17)27(20)6-5-16(28)24-11-3-4-11/h7-9,11H,3-6,10H2,1-2H3,(H,24,28)(H2,21,22,23). The summed E-state index contributed by atoms with van der Waals surface area (Å²) >= 11 is 1.47. The van der Waals surface area contributed by atoms with Crippen molar-refractivity contribution in [2.45, 2.75) is 41.9 Å². The van der Waals surface area contributed by atoms with Crippen LogP contribution >= 0.6 is 11.8 Å². The largest absolute Gasteiger partial charge is 0.454 e. The molecular weight excluding hydrogens is 418 g/mol. The molecule has 0 atom stereocenters. The summed E-state index contributed by atoms with van der Waals surface area (Å²) in [7, 11) is 3.94. The molecule has 0 unspecified atom stereocenters. The van der Waals surface area contributed by atoms with Gasteiger partial charge in [0.1, 0.15) is 6.33 Å². The van der Waals surface area contributed by atoms with E-state index in [1.165, 1.54) is 18.1 Å². The summed E-state index contributed by atoms with van der Waals surface area (Å²) in [5.41, 5.74) is 8.16. The first-order valence-electron chi connectivity index (χ1n) is 10.0. The van der Waals surface area contributed by atoms with E-state index in [9.17, 15) is 4.79 Å². The normalized spacial score (nSPS) is 14.8. The predicted molar refractivity (Wildman–Crippen MR) is 117 cm³/mol. The van der Waals surface area contributed by atoms with Gasteiger partial charge in [0.05, 0.1) is 5.69 Å². The molecule has 3 N–H and O–H groups in total. The van der Waals surface area contributed by atoms with Crippen LogP contribution in [0.25, 0.3) is 11.2 Å². The number of nitrogens with one attached hydrogen (secondary N) is 1. The number of nitrogens with two attached hydrogens (primary N) is 1. The van der Waals surface area contributed by atoms with Crippen LogP contribution in [-0.4, -0.2) is 52.4 Å². The van der Waals surface area contributed by atoms with Gasteiger partial charge in [0.2, 0.25) is 12.7 Å². The van der Waals surface area contributed by atoms with Crippen LogP contribution < -0.4 is 25.4 Å². The monoisotopic (exact) mass is 441 g/mol. The number of ether oxygens (including phenoxy) is 2. The number of carbonyl (C=O) groups excluding carboxylic acids is 1. The maximum absolute atomic E-state index is 12.3. The van der Waals surface area contributed by atoms with E-state index >= 15 is 0 Å². The fraction of sp³-hybridized carbons (Fsp3) is 0.400. The lowest BCUT2D eigenvalue weighted by Crippen LogP contribution is -2.26. The van der Waals surface area contributed by atoms with E-state index in [2.05, 4.69) is 15.3 Å². The highest BCUT2D eigenvalue weighted by Gasteiger charge is 2.25. The van der Waals surface area contributed by atoms with Crippen LogP contribution in [0.15, 0.2) is 28.5 Å². The van der Waals surface area contributed by atoms with Gasteiger partial charge in [-0.3, -0.25) is 4.79 Å². The Hall–Kier alpha value is -3.21. The first-order valence-corrected chi connectivity index (χ1v) is 10.9. The lowest BCUT2D eigenvalue weighted by atomic mass is 10.2. The first kappa shape index (κ1) is 19.7. The molecule has 11 heteroatoms. The Balaban J connectivity index is 1.50. The van der Waals surface area contributed by atoms with Gasteiger partial charge in [-0.05, 0) is 24.6 Å². The minimum atomic E-state index is 0.0272. The van der Waals surface area contributed by atoms with Gasteiger partial charge in [0.25, 0.3) is 0 Å². The number of imidazole rings is 1. The summed E-state index contributed by atoms with van der Waals surface area (Å²) in [5.74, 6) is 1.75. The lowest BCUT2D eigenvalue weighted by Gasteiger charge is -2.18. The molecule has 10 nitrogen and oxygen atoms in total. The molecule has 1 fully saturated rings. The zero-order valence-corrected chi connectivity index (χ0v) is 18.1. The third kappa shape index (κ3) is 3.92. The molecule has 162 valence electrons. The maximum atomic E-state index is 12.3. The summed E-state index contributed by atoms with van der Waals surface area (Å²) in [6.07, 6.45) is 3.87. The molecule has 0 radical (unpaired) electrons. The molecule has 1 aliphatic carbocycles. The van der Waals surface area contributed by atoms with E-state index < -0.39 is 0 Å². The second-order valence-corrected chi connectivity index (χ2v) is 8.75. The Morgan fingerprint density at radius 1 is 1.29 bits per heavy atom. The summed E-state index contributed by atoms with van der Waals surface area (Å²) in [5, 5.41) is 3.71. The van der Waals surface area contributed by atoms with Crippen molar-refractivity contribution in [3.63, 3.8) is 0 Å². The number of fused-ring (bicyclic) bond motifs is 2. The second kappa shape index (κ2) is 7.80. The molecule has 3 heterocycles. The fourth-order valence-corrected chi connectivity index (χ4v) is 4.53. The van der Waals surface area contributed by atoms with Gasteiger partial charge in [0, 0.05) is 50.1 Å². The van der Waals surface area contributed by atoms with Crippen molar-refractivity contribution in [3.8, 4) is 11.5 Å². The highest BCUT2D eigenvalue weighted by Crippen LogP contribution is 2.44. The molecule has 31 heavy (non-hydrogen) atoms. The second-order valence-electron chi connectivity index (χ2n) is 7.74. The average Bonchev–Trinajstić information content (AvgIpc) is 3.30. The summed E-state index contributed by atoms with van der Waals surface area (Å²) < 4.78 is 13.0. The van der Waals surface area contributed by atoms with Gasteiger partial charge >= 0.3 is 0 Å². The highest BCUT2D eigenvalue weighted by molar-refractivity contribution is 7.99. The van der Waals surface area contributed by atoms with Crippen LogP contribution in [-0.2, 0) is 11.3 Å². The molecule has 1 aliphatic heterocycles. The minimum absolute atomic E-state index is 0.0272. The molecule has 0 bridgehead atoms. The number of amides is 1. The van der Waals surface area contributed by atoms with Crippen LogP contribution in [0.1, 0.15) is 19.3 Å². The fourth-order valence-electron chi connectivity index (χ4n) is 3.40. The zero-order valence-electron chi connectivity index (χ0n) is 17.3. The number of anilines is 2. The highest BCUT2D eigenvalue weighted by atomic mass is 32.2. The summed E-state index contributed by atoms with van der Waals surface area (Å²) in [6, 6.07) is 4.23. The van der Waals surface area contributed by atoms with Gasteiger partial charge in [-0.15, -0.1) is 0 Å². The van der Waals surface area contributed by atoms with Crippen LogP contribution in [0.2, 0.25) is 0 Å². The van der Waals surface area contributed by atoms with E-state index in [4.69, 9.17) is 20.2 Å². The lowest BCUT2D eigenvalue weighted by molar-refractivity contribution is -0.121. The molecule has 0 spiro atoms. The number of nitrogen functional groups attached to an aromatic ring is 1. The molecule has 2 aromatic heterocycles. The van der Waals surface area contributed by atoms with Crippen molar-refractivity contribution in [3.05, 3.63) is 18.5 Å². The number of aryl methyl sites for hydroxylation is 1. The third-order valence-corrected chi connectivity index (χ3v) is 6.21. The van der Waals surface area contributed by atoms with E-state index in [1.807, 2.05) is 35.7 Å². The third-order valence-electron chi connectivity index (χ3n) is 5.17. The molecule has 1 saturated carbocycles. The van der Waals surface area contributed by atoms with Crippen LogP contribution in [0.5, 0.6) is 11.5 Å². The number of nitrogens with zero attached hydrogens (tertiary/aromatic N) is 5. The Morgan fingerprint density at radius 2 is 2.06 bits per heavy atom. The Kier molecular flexibility index (Phi) is 4.97. The van der Waals surface area contributed by atoms with Crippen LogP contribution in [0.3, 0.4) is 0 Å². The Labute approximate surface area is 183 Å². The van der Waals surface area contributed by atoms with E-state index in [0.717, 1.165) is 23.4 Å². The SMILES string of the molecule is CN(C)c1cc2c(cc1Sc1nc3c(N)ncnc3n1CCC(=O)NC1CC1)OCO2. The smallest absolute Gasteiger partial charge is 0.231 e. The topological polar surface area (TPSA) is 120 Å². The van der Waals surface area contributed by atoms with Gasteiger partial charge in [0.15, 0.2) is 33.6 Å². The predicted octanol–water partition coefficient (Wildman–Crippen LogP) is 2.02. The number of hydrogen-bond donors (Lipinski definition) is 2. The quantitative estimate of drug-likeness (QED) is 0.567. The van der Waals surface area contributed by atoms with Gasteiger partial charge in [-0.2, -0.15) is 0 Å². The zero-order chi connectivity index (χ0) is 21.5. The Morgan fingerprint density at radius 3 is 2.81 bits per heavy atom. The van der Waals surface area contributed by atoms with Crippen molar-refractivity contribution in [1.82, 2.24) is 24.8 Å². The van der Waals surface area contributed by atoms with Crippen molar-refractivity contribution >= 4 is 40.3 Å². The molecule has 0 saturated heterocycles. The summed E-state index contributed by atoms with van der Waals surface area (Å²) in [4.78, 5) is 28.4. The van der Waals surface area contributed by atoms with Crippen molar-refractivity contribution in [2.75, 3.05) is 31.5 Å².